The molecule has 32 heavy (non-hydrogen) atoms. The maximum absolute atomic E-state index is 12.9. The van der Waals surface area contributed by atoms with Crippen molar-refractivity contribution in [1.82, 2.24) is 4.68 Å². The first-order chi connectivity index (χ1) is 15.4. The third-order valence-corrected chi connectivity index (χ3v) is 4.74. The number of ether oxygens (including phenoxy) is 4. The van der Waals surface area contributed by atoms with E-state index >= 15 is 0 Å². The van der Waals surface area contributed by atoms with E-state index in [4.69, 9.17) is 18.9 Å². The number of hydrogen-bond acceptors (Lipinski definition) is 7. The highest BCUT2D eigenvalue weighted by atomic mass is 16.5. The van der Waals surface area contributed by atoms with Gasteiger partial charge in [-0.15, -0.1) is 0 Å². The van der Waals surface area contributed by atoms with Crippen LogP contribution in [0.25, 0.3) is 11.3 Å². The van der Waals surface area contributed by atoms with E-state index in [1.165, 1.54) is 39.3 Å². The molecule has 166 valence electrons. The molecule has 1 N–H and O–H groups in total. The van der Waals surface area contributed by atoms with Gasteiger partial charge in [-0.2, -0.15) is 0 Å². The molecule has 2 aromatic carbocycles. The molecule has 1 heterocycles. The van der Waals surface area contributed by atoms with Crippen LogP contribution in [0.2, 0.25) is 0 Å². The maximum atomic E-state index is 12.9. The number of aromatic nitrogens is 1. The number of rotatable bonds is 7. The number of benzene rings is 2. The van der Waals surface area contributed by atoms with Crippen LogP contribution in [0.1, 0.15) is 31.1 Å². The molecule has 0 atom stereocenters. The summed E-state index contributed by atoms with van der Waals surface area (Å²) in [5.74, 6) is -0.777. The van der Waals surface area contributed by atoms with E-state index in [1.807, 2.05) is 0 Å². The van der Waals surface area contributed by atoms with Crippen molar-refractivity contribution in [2.45, 2.75) is 0 Å². The van der Waals surface area contributed by atoms with Gasteiger partial charge >= 0.3 is 11.9 Å². The summed E-state index contributed by atoms with van der Waals surface area (Å²) in [5.41, 5.74) is 3.74. The number of carbonyl (C=O) groups excluding carboxylic acids is 3. The topological polar surface area (TPSA) is 105 Å². The first-order valence-electron chi connectivity index (χ1n) is 9.45. The predicted molar refractivity (Wildman–Crippen MR) is 116 cm³/mol. The molecule has 0 bridgehead atoms. The van der Waals surface area contributed by atoms with Crippen molar-refractivity contribution in [3.8, 4) is 22.8 Å². The number of carbonyl (C=O) groups is 3. The van der Waals surface area contributed by atoms with Gasteiger partial charge in [0.2, 0.25) is 0 Å². The number of hydrogen-bond donors (Lipinski definition) is 1. The zero-order chi connectivity index (χ0) is 23.3. The highest BCUT2D eigenvalue weighted by Crippen LogP contribution is 2.30. The minimum Gasteiger partial charge on any atom is -0.497 e. The van der Waals surface area contributed by atoms with Gasteiger partial charge in [-0.05, 0) is 48.5 Å². The van der Waals surface area contributed by atoms with Gasteiger partial charge in [0.1, 0.15) is 17.1 Å². The minimum absolute atomic E-state index is 0.0421. The average Bonchev–Trinajstić information content (AvgIpc) is 3.21. The van der Waals surface area contributed by atoms with Crippen molar-refractivity contribution in [3.05, 3.63) is 71.4 Å². The number of nitrogens with zero attached hydrogens (tertiary/aromatic N) is 1. The molecular weight excluding hydrogens is 416 g/mol. The second-order valence-corrected chi connectivity index (χ2v) is 6.52. The normalized spacial score (nSPS) is 10.2. The molecule has 0 radical (unpaired) electrons. The predicted octanol–water partition coefficient (Wildman–Crippen LogP) is 3.13. The van der Waals surface area contributed by atoms with Crippen LogP contribution in [-0.2, 0) is 9.47 Å². The van der Waals surface area contributed by atoms with Crippen LogP contribution in [-0.4, -0.2) is 51.0 Å². The van der Waals surface area contributed by atoms with Crippen LogP contribution >= 0.6 is 0 Å². The van der Waals surface area contributed by atoms with E-state index in [0.717, 1.165) is 0 Å². The number of amides is 1. The van der Waals surface area contributed by atoms with Crippen LogP contribution < -0.4 is 14.9 Å². The van der Waals surface area contributed by atoms with Crippen molar-refractivity contribution >= 4 is 17.8 Å². The minimum atomic E-state index is -0.756. The van der Waals surface area contributed by atoms with Gasteiger partial charge in [0.05, 0.1) is 39.7 Å². The van der Waals surface area contributed by atoms with Crippen LogP contribution in [0.15, 0.2) is 54.7 Å². The summed E-state index contributed by atoms with van der Waals surface area (Å²) in [6.45, 7) is 0. The van der Waals surface area contributed by atoms with Crippen LogP contribution in [0, 0.1) is 0 Å². The van der Waals surface area contributed by atoms with E-state index in [2.05, 4.69) is 5.43 Å². The number of esters is 2. The first kappa shape index (κ1) is 22.4. The Labute approximate surface area is 184 Å². The van der Waals surface area contributed by atoms with Crippen molar-refractivity contribution in [2.75, 3.05) is 33.9 Å². The monoisotopic (exact) mass is 438 g/mol. The molecular formula is C23H22N2O7. The van der Waals surface area contributed by atoms with Crippen molar-refractivity contribution in [1.29, 1.82) is 0 Å². The molecule has 0 saturated carbocycles. The quantitative estimate of drug-likeness (QED) is 0.565. The second-order valence-electron chi connectivity index (χ2n) is 6.52. The smallest absolute Gasteiger partial charge is 0.341 e. The zero-order valence-electron chi connectivity index (χ0n) is 18.0. The Balaban J connectivity index is 2.14. The first-order valence-corrected chi connectivity index (χ1v) is 9.45. The summed E-state index contributed by atoms with van der Waals surface area (Å²) in [6.07, 6.45) is 1.32. The van der Waals surface area contributed by atoms with Gasteiger partial charge in [-0.3, -0.25) is 14.9 Å². The maximum Gasteiger partial charge on any atom is 0.341 e. The summed E-state index contributed by atoms with van der Waals surface area (Å²) in [6, 6.07) is 13.2. The van der Waals surface area contributed by atoms with Crippen LogP contribution in [0.4, 0.5) is 0 Å². The summed E-state index contributed by atoms with van der Waals surface area (Å²) >= 11 is 0. The Kier molecular flexibility index (Phi) is 6.79. The molecule has 0 unspecified atom stereocenters. The number of nitrogens with one attached hydrogen (secondary N) is 1. The lowest BCUT2D eigenvalue weighted by Crippen LogP contribution is -2.23. The second kappa shape index (κ2) is 9.69. The standard InChI is InChI=1S/C23H22N2O7/c1-29-16-9-5-14(6-10-16)20-19(23(28)32-4)18(22(27)31-3)13-25(20)24-21(26)15-7-11-17(30-2)12-8-15/h5-13H,1-4H3,(H,24,26). The van der Waals surface area contributed by atoms with Gasteiger partial charge in [-0.25, -0.2) is 9.59 Å². The zero-order valence-corrected chi connectivity index (χ0v) is 18.0. The third-order valence-electron chi connectivity index (χ3n) is 4.74. The molecule has 1 aromatic heterocycles. The lowest BCUT2D eigenvalue weighted by Gasteiger charge is -2.13. The molecule has 9 heteroatoms. The Bertz CT molecular complexity index is 1130. The molecule has 1 amide bonds. The fourth-order valence-corrected chi connectivity index (χ4v) is 3.12. The highest BCUT2D eigenvalue weighted by molar-refractivity contribution is 6.08. The molecule has 3 aromatic rings. The summed E-state index contributed by atoms with van der Waals surface area (Å²) in [4.78, 5) is 37.9. The Morgan fingerprint density at radius 1 is 0.750 bits per heavy atom. The van der Waals surface area contributed by atoms with Crippen molar-refractivity contribution in [3.63, 3.8) is 0 Å². The van der Waals surface area contributed by atoms with Crippen molar-refractivity contribution < 1.29 is 33.3 Å². The van der Waals surface area contributed by atoms with E-state index in [0.29, 0.717) is 22.6 Å². The molecule has 0 spiro atoms. The van der Waals surface area contributed by atoms with Gasteiger partial charge in [0, 0.05) is 17.3 Å². The summed E-state index contributed by atoms with van der Waals surface area (Å²) in [5, 5.41) is 0. The molecule has 0 saturated heterocycles. The van der Waals surface area contributed by atoms with E-state index in [1.54, 1.807) is 48.5 Å². The van der Waals surface area contributed by atoms with E-state index in [9.17, 15) is 14.4 Å². The summed E-state index contributed by atoms with van der Waals surface area (Å²) < 4.78 is 21.3. The lowest BCUT2D eigenvalue weighted by atomic mass is 10.0. The van der Waals surface area contributed by atoms with Gasteiger partial charge in [0.15, 0.2) is 0 Å². The van der Waals surface area contributed by atoms with Gasteiger partial charge in [0.25, 0.3) is 5.91 Å². The molecule has 0 aliphatic heterocycles. The molecule has 0 fully saturated rings. The third kappa shape index (κ3) is 4.41. The van der Waals surface area contributed by atoms with E-state index < -0.39 is 17.8 Å². The molecule has 0 aliphatic carbocycles. The number of methoxy groups -OCH3 is 4. The Hall–Kier alpha value is -4.27. The lowest BCUT2D eigenvalue weighted by molar-refractivity contribution is 0.0557. The molecule has 3 rings (SSSR count). The van der Waals surface area contributed by atoms with E-state index in [-0.39, 0.29) is 16.8 Å². The van der Waals surface area contributed by atoms with Crippen molar-refractivity contribution in [2.24, 2.45) is 0 Å². The van der Waals surface area contributed by atoms with Crippen LogP contribution in [0.5, 0.6) is 11.5 Å². The Morgan fingerprint density at radius 2 is 1.28 bits per heavy atom. The molecule has 0 aliphatic rings. The average molecular weight is 438 g/mol. The van der Waals surface area contributed by atoms with Crippen LogP contribution in [0.3, 0.4) is 0 Å². The fraction of sp³-hybridized carbons (Fsp3) is 0.174. The SMILES string of the molecule is COC(=O)c1cn(NC(=O)c2ccc(OC)cc2)c(-c2ccc(OC)cc2)c1C(=O)OC. The largest absolute Gasteiger partial charge is 0.497 e. The molecule has 9 nitrogen and oxygen atoms in total. The van der Waals surface area contributed by atoms with Gasteiger partial charge in [-0.1, -0.05) is 0 Å². The highest BCUT2D eigenvalue weighted by Gasteiger charge is 2.29. The summed E-state index contributed by atoms with van der Waals surface area (Å²) in [7, 11) is 5.46. The fourth-order valence-electron chi connectivity index (χ4n) is 3.12. The Morgan fingerprint density at radius 3 is 1.78 bits per heavy atom. The van der Waals surface area contributed by atoms with Gasteiger partial charge < -0.3 is 18.9 Å².